The quantitative estimate of drug-likeness (QED) is 0.565. The van der Waals surface area contributed by atoms with Crippen LogP contribution in [0.5, 0.6) is 0 Å². The van der Waals surface area contributed by atoms with Crippen LogP contribution in [-0.4, -0.2) is 15.8 Å². The molecular weight excluding hydrogens is 405 g/mol. The van der Waals surface area contributed by atoms with Gasteiger partial charge in [-0.2, -0.15) is 13.2 Å². The van der Waals surface area contributed by atoms with Crippen LogP contribution in [0.1, 0.15) is 47.7 Å². The summed E-state index contributed by atoms with van der Waals surface area (Å²) in [5, 5.41) is -0.409. The predicted octanol–water partition coefficient (Wildman–Crippen LogP) is 5.50. The molecule has 0 amide bonds. The number of carbonyl (C=O) groups is 1. The van der Waals surface area contributed by atoms with E-state index in [4.69, 9.17) is 16.3 Å². The predicted molar refractivity (Wildman–Crippen MR) is 101 cm³/mol. The van der Waals surface area contributed by atoms with E-state index in [1.54, 1.807) is 0 Å². The van der Waals surface area contributed by atoms with Crippen molar-refractivity contribution in [3.8, 4) is 0 Å². The molecule has 8 heteroatoms. The molecule has 2 atom stereocenters. The van der Waals surface area contributed by atoms with Crippen LogP contribution in [-0.2, 0) is 27.9 Å². The van der Waals surface area contributed by atoms with E-state index in [1.165, 1.54) is 6.07 Å². The number of aromatic nitrogens is 2. The number of rotatable bonds is 1. The van der Waals surface area contributed by atoms with Crippen LogP contribution < -0.4 is 0 Å². The van der Waals surface area contributed by atoms with Crippen molar-refractivity contribution in [2.45, 2.75) is 43.6 Å². The maximum Gasteiger partial charge on any atom is 0.417 e. The van der Waals surface area contributed by atoms with Gasteiger partial charge in [0.05, 0.1) is 34.1 Å². The smallest absolute Gasteiger partial charge is 0.365 e. The van der Waals surface area contributed by atoms with Gasteiger partial charge in [-0.05, 0) is 36.1 Å². The molecule has 1 aliphatic heterocycles. The Kier molecular flexibility index (Phi) is 4.05. The van der Waals surface area contributed by atoms with Gasteiger partial charge in [0.1, 0.15) is 17.2 Å². The highest BCUT2D eigenvalue weighted by Gasteiger charge is 2.47. The molecule has 29 heavy (non-hydrogen) atoms. The Labute approximate surface area is 169 Å². The van der Waals surface area contributed by atoms with Gasteiger partial charge >= 0.3 is 6.18 Å². The molecule has 1 saturated carbocycles. The molecule has 0 saturated heterocycles. The number of halogens is 4. The number of ketones is 1. The van der Waals surface area contributed by atoms with Crippen LogP contribution in [0.4, 0.5) is 13.2 Å². The minimum absolute atomic E-state index is 0.0332. The number of carbonyl (C=O) groups excluding carboxylic acids is 1. The number of imidazole rings is 1. The fourth-order valence-corrected chi connectivity index (χ4v) is 4.76. The number of Topliss-reactive ketones (excluding diaryl/α,β-unsaturated/α-hetero) is 1. The highest BCUT2D eigenvalue weighted by molar-refractivity contribution is 6.32. The summed E-state index contributed by atoms with van der Waals surface area (Å²) in [6.45, 7) is 0.484. The average molecular weight is 421 g/mol. The summed E-state index contributed by atoms with van der Waals surface area (Å²) in [7, 11) is 0. The Hall–Kier alpha value is -2.38. The summed E-state index contributed by atoms with van der Waals surface area (Å²) in [6, 6.07) is 10.0. The number of hydrogen-bond acceptors (Lipinski definition) is 3. The standard InChI is InChI=1S/C21H16ClF3N2O2/c22-15-8-17-16(7-14(15)21(23,24)25)26-19(27-17)12-5-6-20(9-18(12)28)13-4-2-1-3-11(13)10-29-20/h1-4,7-8,12H,5-6,9-10H2,(H,26,27). The maximum absolute atomic E-state index is 13.1. The third-order valence-corrected chi connectivity index (χ3v) is 6.23. The summed E-state index contributed by atoms with van der Waals surface area (Å²) < 4.78 is 45.4. The lowest BCUT2D eigenvalue weighted by atomic mass is 9.74. The fraction of sp³-hybridized carbons (Fsp3) is 0.333. The van der Waals surface area contributed by atoms with Crippen molar-refractivity contribution in [2.75, 3.05) is 0 Å². The number of H-pyrrole nitrogens is 1. The summed E-state index contributed by atoms with van der Waals surface area (Å²) in [5.41, 5.74) is 1.14. The number of alkyl halides is 3. The number of nitrogens with zero attached hydrogens (tertiary/aromatic N) is 1. The summed E-state index contributed by atoms with van der Waals surface area (Å²) in [6.07, 6.45) is -3.18. The molecular formula is C21H16ClF3N2O2. The van der Waals surface area contributed by atoms with Crippen LogP contribution in [0.25, 0.3) is 11.0 Å². The van der Waals surface area contributed by atoms with Gasteiger partial charge in [-0.3, -0.25) is 4.79 Å². The second kappa shape index (κ2) is 6.31. The van der Waals surface area contributed by atoms with E-state index in [0.717, 1.165) is 17.2 Å². The van der Waals surface area contributed by atoms with Crippen LogP contribution in [0.3, 0.4) is 0 Å². The second-order valence-electron chi connectivity index (χ2n) is 7.64. The van der Waals surface area contributed by atoms with Gasteiger partial charge in [-0.1, -0.05) is 35.9 Å². The molecule has 1 aromatic heterocycles. The molecule has 2 aromatic carbocycles. The van der Waals surface area contributed by atoms with Crippen molar-refractivity contribution in [3.63, 3.8) is 0 Å². The molecule has 1 aliphatic carbocycles. The second-order valence-corrected chi connectivity index (χ2v) is 8.05. The lowest BCUT2D eigenvalue weighted by molar-refractivity contribution is -0.137. The van der Waals surface area contributed by atoms with Crippen LogP contribution in [0.15, 0.2) is 36.4 Å². The summed E-state index contributed by atoms with van der Waals surface area (Å²) in [4.78, 5) is 20.3. The molecule has 1 spiro atoms. The summed E-state index contributed by atoms with van der Waals surface area (Å²) >= 11 is 5.78. The minimum Gasteiger partial charge on any atom is -0.365 e. The molecule has 1 fully saturated rings. The molecule has 2 aliphatic rings. The molecule has 4 nitrogen and oxygen atoms in total. The van der Waals surface area contributed by atoms with Crippen LogP contribution >= 0.6 is 11.6 Å². The number of aromatic amines is 1. The van der Waals surface area contributed by atoms with E-state index in [9.17, 15) is 18.0 Å². The lowest BCUT2D eigenvalue weighted by Crippen LogP contribution is -2.36. The molecule has 0 radical (unpaired) electrons. The van der Waals surface area contributed by atoms with Gasteiger partial charge in [0.25, 0.3) is 0 Å². The number of nitrogens with one attached hydrogen (secondary N) is 1. The van der Waals surface area contributed by atoms with E-state index in [0.29, 0.717) is 30.8 Å². The molecule has 1 N–H and O–H groups in total. The SMILES string of the molecule is O=C1CC2(CCC1c1nc3cc(Cl)c(C(F)(F)F)cc3[nH]1)OCc1ccccc12. The van der Waals surface area contributed by atoms with Gasteiger partial charge in [0.15, 0.2) is 0 Å². The first kappa shape index (κ1) is 18.6. The Balaban J connectivity index is 1.46. The van der Waals surface area contributed by atoms with Crippen molar-refractivity contribution < 1.29 is 22.7 Å². The average Bonchev–Trinajstić information content (AvgIpc) is 3.22. The topological polar surface area (TPSA) is 55.0 Å². The highest BCUT2D eigenvalue weighted by atomic mass is 35.5. The molecule has 3 aromatic rings. The first-order chi connectivity index (χ1) is 13.8. The van der Waals surface area contributed by atoms with E-state index in [-0.39, 0.29) is 17.7 Å². The molecule has 5 rings (SSSR count). The monoisotopic (exact) mass is 420 g/mol. The minimum atomic E-state index is -4.56. The third kappa shape index (κ3) is 2.95. The Morgan fingerprint density at radius 1 is 1.24 bits per heavy atom. The van der Waals surface area contributed by atoms with Crippen LogP contribution in [0, 0.1) is 0 Å². The van der Waals surface area contributed by atoms with E-state index < -0.39 is 28.3 Å². The molecule has 0 bridgehead atoms. The van der Waals surface area contributed by atoms with Crippen molar-refractivity contribution >= 4 is 28.4 Å². The van der Waals surface area contributed by atoms with Gasteiger partial charge in [-0.15, -0.1) is 0 Å². The van der Waals surface area contributed by atoms with Crippen LogP contribution in [0.2, 0.25) is 5.02 Å². The first-order valence-electron chi connectivity index (χ1n) is 9.28. The zero-order chi connectivity index (χ0) is 20.4. The molecule has 2 unspecified atom stereocenters. The van der Waals surface area contributed by atoms with Crippen molar-refractivity contribution in [1.82, 2.24) is 9.97 Å². The van der Waals surface area contributed by atoms with E-state index in [2.05, 4.69) is 9.97 Å². The Morgan fingerprint density at radius 3 is 2.79 bits per heavy atom. The van der Waals surface area contributed by atoms with Crippen molar-refractivity contribution in [2.24, 2.45) is 0 Å². The zero-order valence-corrected chi connectivity index (χ0v) is 15.9. The van der Waals surface area contributed by atoms with Gasteiger partial charge in [-0.25, -0.2) is 4.98 Å². The van der Waals surface area contributed by atoms with Crippen molar-refractivity contribution in [3.05, 3.63) is 63.9 Å². The van der Waals surface area contributed by atoms with Gasteiger partial charge < -0.3 is 9.72 Å². The normalized spacial score (nSPS) is 24.4. The molecule has 150 valence electrons. The number of ether oxygens (including phenoxy) is 1. The maximum atomic E-state index is 13.1. The fourth-order valence-electron chi connectivity index (χ4n) is 4.49. The highest BCUT2D eigenvalue weighted by Crippen LogP contribution is 2.48. The summed E-state index contributed by atoms with van der Waals surface area (Å²) in [5.74, 6) is -0.159. The first-order valence-corrected chi connectivity index (χ1v) is 9.66. The third-order valence-electron chi connectivity index (χ3n) is 5.92. The number of fused-ring (bicyclic) bond motifs is 3. The van der Waals surface area contributed by atoms with Gasteiger partial charge in [0, 0.05) is 6.42 Å². The zero-order valence-electron chi connectivity index (χ0n) is 15.1. The number of hydrogen-bond donors (Lipinski definition) is 1. The molecule has 2 heterocycles. The van der Waals surface area contributed by atoms with E-state index in [1.807, 2.05) is 24.3 Å². The van der Waals surface area contributed by atoms with Crippen molar-refractivity contribution in [1.29, 1.82) is 0 Å². The number of benzene rings is 2. The lowest BCUT2D eigenvalue weighted by Gasteiger charge is -2.35. The Morgan fingerprint density at radius 2 is 2.03 bits per heavy atom. The van der Waals surface area contributed by atoms with Gasteiger partial charge in [0.2, 0.25) is 0 Å². The van der Waals surface area contributed by atoms with E-state index >= 15 is 0 Å². The Bertz CT molecular complexity index is 1140. The largest absolute Gasteiger partial charge is 0.417 e.